The van der Waals surface area contributed by atoms with Crippen molar-refractivity contribution in [3.05, 3.63) is 35.9 Å². The first-order valence-electron chi connectivity index (χ1n) is 5.03. The summed E-state index contributed by atoms with van der Waals surface area (Å²) in [5, 5.41) is 0. The lowest BCUT2D eigenvalue weighted by molar-refractivity contribution is -0.139. The Kier molecular flexibility index (Phi) is 2.82. The van der Waals surface area contributed by atoms with Crippen molar-refractivity contribution < 1.29 is 13.9 Å². The van der Waals surface area contributed by atoms with E-state index < -0.39 is 5.67 Å². The van der Waals surface area contributed by atoms with E-state index in [2.05, 4.69) is 0 Å². The second-order valence-corrected chi connectivity index (χ2v) is 3.98. The lowest BCUT2D eigenvalue weighted by Gasteiger charge is -2.36. The molecule has 80 valence electrons. The molecule has 1 aromatic carbocycles. The molecular weight excluding hydrogens is 195 g/mol. The SMILES string of the molecule is O=CC1(F)CC(OCc2ccccc2)C1. The number of ether oxygens (including phenoxy) is 1. The van der Waals surface area contributed by atoms with Gasteiger partial charge in [0.05, 0.1) is 12.7 Å². The number of hydrogen-bond acceptors (Lipinski definition) is 2. The van der Waals surface area contributed by atoms with E-state index in [9.17, 15) is 9.18 Å². The summed E-state index contributed by atoms with van der Waals surface area (Å²) in [6.07, 6.45) is 0.669. The molecule has 0 heterocycles. The molecule has 0 aromatic heterocycles. The molecule has 0 bridgehead atoms. The normalized spacial score (nSPS) is 29.5. The topological polar surface area (TPSA) is 26.3 Å². The van der Waals surface area contributed by atoms with Gasteiger partial charge in [-0.2, -0.15) is 0 Å². The van der Waals surface area contributed by atoms with Crippen molar-refractivity contribution in [1.82, 2.24) is 0 Å². The molecule has 0 unspecified atom stereocenters. The summed E-state index contributed by atoms with van der Waals surface area (Å²) in [6.45, 7) is 0.487. The lowest BCUT2D eigenvalue weighted by atomic mass is 9.80. The van der Waals surface area contributed by atoms with Gasteiger partial charge in [-0.1, -0.05) is 30.3 Å². The van der Waals surface area contributed by atoms with E-state index in [1.54, 1.807) is 0 Å². The van der Waals surface area contributed by atoms with E-state index in [4.69, 9.17) is 4.74 Å². The zero-order valence-corrected chi connectivity index (χ0v) is 8.36. The predicted molar refractivity (Wildman–Crippen MR) is 54.2 cm³/mol. The van der Waals surface area contributed by atoms with Crippen molar-refractivity contribution in [3.8, 4) is 0 Å². The van der Waals surface area contributed by atoms with Crippen LogP contribution in [0.4, 0.5) is 4.39 Å². The van der Waals surface area contributed by atoms with Gasteiger partial charge in [0.1, 0.15) is 0 Å². The van der Waals surface area contributed by atoms with E-state index in [1.807, 2.05) is 30.3 Å². The second kappa shape index (κ2) is 4.11. The highest BCUT2D eigenvalue weighted by Gasteiger charge is 2.45. The Bertz CT molecular complexity index is 331. The Hall–Kier alpha value is -1.22. The van der Waals surface area contributed by atoms with E-state index >= 15 is 0 Å². The van der Waals surface area contributed by atoms with Gasteiger partial charge in [-0.05, 0) is 5.56 Å². The van der Waals surface area contributed by atoms with Gasteiger partial charge < -0.3 is 4.74 Å². The summed E-state index contributed by atoms with van der Waals surface area (Å²) in [6, 6.07) is 9.72. The predicted octanol–water partition coefficient (Wildman–Crippen LogP) is 2.27. The monoisotopic (exact) mass is 208 g/mol. The molecule has 1 fully saturated rings. The number of aldehydes is 1. The molecule has 0 spiro atoms. The number of rotatable bonds is 4. The number of halogens is 1. The van der Waals surface area contributed by atoms with E-state index in [1.165, 1.54) is 0 Å². The number of hydrogen-bond donors (Lipinski definition) is 0. The minimum Gasteiger partial charge on any atom is -0.373 e. The van der Waals surface area contributed by atoms with Gasteiger partial charge in [0.2, 0.25) is 0 Å². The third-order valence-electron chi connectivity index (χ3n) is 2.67. The van der Waals surface area contributed by atoms with Gasteiger partial charge >= 0.3 is 0 Å². The molecule has 1 aliphatic carbocycles. The molecule has 1 aliphatic rings. The number of carbonyl (C=O) groups is 1. The molecule has 3 heteroatoms. The van der Waals surface area contributed by atoms with Gasteiger partial charge in [-0.3, -0.25) is 4.79 Å². The van der Waals surface area contributed by atoms with Crippen molar-refractivity contribution >= 4 is 6.29 Å². The lowest BCUT2D eigenvalue weighted by Crippen LogP contribution is -2.46. The fourth-order valence-electron chi connectivity index (χ4n) is 1.70. The zero-order valence-electron chi connectivity index (χ0n) is 8.36. The molecule has 15 heavy (non-hydrogen) atoms. The summed E-state index contributed by atoms with van der Waals surface area (Å²) in [5.74, 6) is 0. The van der Waals surface area contributed by atoms with Crippen LogP contribution in [0.15, 0.2) is 30.3 Å². The highest BCUT2D eigenvalue weighted by Crippen LogP contribution is 2.36. The fourth-order valence-corrected chi connectivity index (χ4v) is 1.70. The first kappa shape index (κ1) is 10.3. The average molecular weight is 208 g/mol. The van der Waals surface area contributed by atoms with Crippen LogP contribution in [0, 0.1) is 0 Å². The Morgan fingerprint density at radius 2 is 2.07 bits per heavy atom. The first-order valence-corrected chi connectivity index (χ1v) is 5.03. The molecule has 0 aliphatic heterocycles. The van der Waals surface area contributed by atoms with Crippen LogP contribution in [-0.2, 0) is 16.1 Å². The molecule has 1 saturated carbocycles. The summed E-state index contributed by atoms with van der Waals surface area (Å²) in [7, 11) is 0. The van der Waals surface area contributed by atoms with Crippen LogP contribution < -0.4 is 0 Å². The van der Waals surface area contributed by atoms with Crippen LogP contribution in [0.2, 0.25) is 0 Å². The fraction of sp³-hybridized carbons (Fsp3) is 0.417. The third kappa shape index (κ3) is 2.42. The summed E-state index contributed by atoms with van der Waals surface area (Å²) >= 11 is 0. The number of carbonyl (C=O) groups excluding carboxylic acids is 1. The van der Waals surface area contributed by atoms with Crippen molar-refractivity contribution in [1.29, 1.82) is 0 Å². The van der Waals surface area contributed by atoms with Gasteiger partial charge in [-0.15, -0.1) is 0 Å². The summed E-state index contributed by atoms with van der Waals surface area (Å²) in [5.41, 5.74) is -0.554. The van der Waals surface area contributed by atoms with Gasteiger partial charge in [0.25, 0.3) is 0 Å². The highest BCUT2D eigenvalue weighted by atomic mass is 19.1. The van der Waals surface area contributed by atoms with Crippen molar-refractivity contribution in [3.63, 3.8) is 0 Å². The van der Waals surface area contributed by atoms with Crippen molar-refractivity contribution in [2.45, 2.75) is 31.2 Å². The molecular formula is C12H13FO2. The molecule has 0 radical (unpaired) electrons. The van der Waals surface area contributed by atoms with Gasteiger partial charge in [0, 0.05) is 12.8 Å². The Morgan fingerprint density at radius 1 is 1.40 bits per heavy atom. The second-order valence-electron chi connectivity index (χ2n) is 3.98. The Balaban J connectivity index is 1.75. The average Bonchev–Trinajstić information content (AvgIpc) is 2.24. The summed E-state index contributed by atoms with van der Waals surface area (Å²) < 4.78 is 18.6. The van der Waals surface area contributed by atoms with Gasteiger partial charge in [0.15, 0.2) is 12.0 Å². The molecule has 2 rings (SSSR count). The van der Waals surface area contributed by atoms with E-state index in [0.717, 1.165) is 5.56 Å². The van der Waals surface area contributed by atoms with Crippen LogP contribution in [0.25, 0.3) is 0 Å². The molecule has 2 nitrogen and oxygen atoms in total. The van der Waals surface area contributed by atoms with Crippen molar-refractivity contribution in [2.24, 2.45) is 0 Å². The molecule has 0 N–H and O–H groups in total. The largest absolute Gasteiger partial charge is 0.373 e. The first-order chi connectivity index (χ1) is 7.22. The van der Waals surface area contributed by atoms with Crippen LogP contribution in [-0.4, -0.2) is 18.1 Å². The smallest absolute Gasteiger partial charge is 0.170 e. The molecule has 1 aromatic rings. The Morgan fingerprint density at radius 3 is 2.67 bits per heavy atom. The highest BCUT2D eigenvalue weighted by molar-refractivity contribution is 5.64. The van der Waals surface area contributed by atoms with E-state index in [0.29, 0.717) is 12.9 Å². The van der Waals surface area contributed by atoms with Crippen LogP contribution in [0.1, 0.15) is 18.4 Å². The maximum atomic E-state index is 13.2. The van der Waals surface area contributed by atoms with Crippen LogP contribution in [0.3, 0.4) is 0 Å². The van der Waals surface area contributed by atoms with Crippen LogP contribution >= 0.6 is 0 Å². The molecule has 0 atom stereocenters. The van der Waals surface area contributed by atoms with E-state index in [-0.39, 0.29) is 18.9 Å². The maximum Gasteiger partial charge on any atom is 0.170 e. The molecule has 0 saturated heterocycles. The maximum absolute atomic E-state index is 13.2. The number of benzene rings is 1. The standard InChI is InChI=1S/C12H13FO2/c13-12(9-14)6-11(7-12)15-8-10-4-2-1-3-5-10/h1-5,9,11H,6-8H2. The quantitative estimate of drug-likeness (QED) is 0.709. The summed E-state index contributed by atoms with van der Waals surface area (Å²) in [4.78, 5) is 10.3. The third-order valence-corrected chi connectivity index (χ3v) is 2.67. The van der Waals surface area contributed by atoms with Crippen LogP contribution in [0.5, 0.6) is 0 Å². The Labute approximate surface area is 88.1 Å². The number of alkyl halides is 1. The minimum absolute atomic E-state index is 0.111. The molecule has 0 amide bonds. The zero-order chi connectivity index (χ0) is 10.7. The van der Waals surface area contributed by atoms with Gasteiger partial charge in [-0.25, -0.2) is 4.39 Å². The van der Waals surface area contributed by atoms with Crippen molar-refractivity contribution in [2.75, 3.05) is 0 Å². The minimum atomic E-state index is -1.62.